The molecule has 112 valence electrons. The molecule has 0 N–H and O–H groups in total. The van der Waals surface area contributed by atoms with Crippen LogP contribution in [-0.4, -0.2) is 22.4 Å². The molecule has 5 rings (SSSR count). The molecule has 2 bridgehead atoms. The molecule has 0 unspecified atom stereocenters. The molecular formula is C17H14O3S2. The Hall–Kier alpha value is -1.20. The van der Waals surface area contributed by atoms with Gasteiger partial charge in [-0.3, -0.25) is 9.59 Å². The summed E-state index contributed by atoms with van der Waals surface area (Å²) in [5, 5.41) is 0.925. The highest BCUT2D eigenvalue weighted by atomic mass is 32.2. The molecular weight excluding hydrogens is 316 g/mol. The third-order valence-corrected chi connectivity index (χ3v) is 8.64. The lowest BCUT2D eigenvalue weighted by atomic mass is 9.80. The number of carbonyl (C=O) groups is 2. The van der Waals surface area contributed by atoms with E-state index in [1.54, 1.807) is 0 Å². The van der Waals surface area contributed by atoms with Gasteiger partial charge in [0.1, 0.15) is 0 Å². The number of hydrogen-bond donors (Lipinski definition) is 0. The molecule has 2 aliphatic heterocycles. The molecule has 2 heterocycles. The fourth-order valence-corrected chi connectivity index (χ4v) is 8.29. The van der Waals surface area contributed by atoms with E-state index in [1.165, 1.54) is 9.80 Å². The number of esters is 2. The average Bonchev–Trinajstić information content (AvgIpc) is 3.20. The number of cyclic esters (lactones) is 2. The molecule has 2 aliphatic carbocycles. The zero-order valence-corrected chi connectivity index (χ0v) is 13.3. The first-order valence-electron chi connectivity index (χ1n) is 7.58. The summed E-state index contributed by atoms with van der Waals surface area (Å²) in [5.41, 5.74) is 1.21. The van der Waals surface area contributed by atoms with Gasteiger partial charge in [-0.05, 0) is 29.9 Å². The lowest BCUT2D eigenvalue weighted by Gasteiger charge is -2.28. The predicted molar refractivity (Wildman–Crippen MR) is 86.9 cm³/mol. The van der Waals surface area contributed by atoms with E-state index in [1.807, 2.05) is 41.7 Å². The Kier molecular flexibility index (Phi) is 2.80. The number of rotatable bonds is 1. The third kappa shape index (κ3) is 1.72. The largest absolute Gasteiger partial charge is 0.393 e. The van der Waals surface area contributed by atoms with Gasteiger partial charge < -0.3 is 4.74 Å². The summed E-state index contributed by atoms with van der Waals surface area (Å²) in [5.74, 6) is -0.235. The van der Waals surface area contributed by atoms with Crippen molar-refractivity contribution in [2.24, 2.45) is 23.7 Å². The Bertz CT molecular complexity index is 663. The van der Waals surface area contributed by atoms with Gasteiger partial charge in [0, 0.05) is 14.7 Å². The molecule has 4 aliphatic rings. The Balaban J connectivity index is 1.44. The average molecular weight is 330 g/mol. The molecule has 1 aromatic carbocycles. The predicted octanol–water partition coefficient (Wildman–Crippen LogP) is 3.17. The first-order chi connectivity index (χ1) is 10.7. The van der Waals surface area contributed by atoms with Gasteiger partial charge in [-0.25, -0.2) is 0 Å². The van der Waals surface area contributed by atoms with Gasteiger partial charge in [-0.1, -0.05) is 30.3 Å². The second kappa shape index (κ2) is 4.65. The molecule has 6 atom stereocenters. The number of benzene rings is 1. The van der Waals surface area contributed by atoms with E-state index in [9.17, 15) is 9.59 Å². The minimum absolute atomic E-state index is 0.164. The highest BCUT2D eigenvalue weighted by molar-refractivity contribution is 8.26. The van der Waals surface area contributed by atoms with Crippen LogP contribution in [0.1, 0.15) is 12.0 Å². The number of fused-ring (bicyclic) bond motifs is 8. The van der Waals surface area contributed by atoms with Gasteiger partial charge in [-0.2, -0.15) is 0 Å². The van der Waals surface area contributed by atoms with E-state index in [0.717, 1.165) is 6.42 Å². The topological polar surface area (TPSA) is 43.4 Å². The highest BCUT2D eigenvalue weighted by Crippen LogP contribution is 2.68. The van der Waals surface area contributed by atoms with E-state index in [-0.39, 0.29) is 23.8 Å². The molecule has 0 spiro atoms. The molecule has 3 nitrogen and oxygen atoms in total. The first-order valence-corrected chi connectivity index (χ1v) is 9.34. The minimum atomic E-state index is -0.271. The fourth-order valence-electron chi connectivity index (χ4n) is 4.54. The van der Waals surface area contributed by atoms with Crippen molar-refractivity contribution in [3.8, 4) is 0 Å². The Morgan fingerprint density at radius 3 is 2.14 bits per heavy atom. The summed E-state index contributed by atoms with van der Waals surface area (Å²) in [6.07, 6.45) is 3.24. The Morgan fingerprint density at radius 2 is 1.55 bits per heavy atom. The van der Waals surface area contributed by atoms with E-state index in [2.05, 4.69) is 18.2 Å². The molecule has 0 amide bonds. The maximum Gasteiger partial charge on any atom is 0.317 e. The molecule has 2 saturated heterocycles. The van der Waals surface area contributed by atoms with Crippen molar-refractivity contribution < 1.29 is 14.3 Å². The second-order valence-corrected chi connectivity index (χ2v) is 9.09. The van der Waals surface area contributed by atoms with Crippen LogP contribution in [0.4, 0.5) is 0 Å². The zero-order chi connectivity index (χ0) is 14.8. The molecule has 4 fully saturated rings. The van der Waals surface area contributed by atoms with Crippen LogP contribution in [0.2, 0.25) is 0 Å². The zero-order valence-electron chi connectivity index (χ0n) is 11.7. The molecule has 2 saturated carbocycles. The van der Waals surface area contributed by atoms with E-state index in [0.29, 0.717) is 22.3 Å². The monoisotopic (exact) mass is 330 g/mol. The number of carbonyl (C=O) groups excluding carboxylic acids is 2. The van der Waals surface area contributed by atoms with E-state index in [4.69, 9.17) is 4.74 Å². The highest BCUT2D eigenvalue weighted by Gasteiger charge is 2.68. The van der Waals surface area contributed by atoms with Gasteiger partial charge in [0.05, 0.1) is 11.8 Å². The molecule has 0 aromatic heterocycles. The summed E-state index contributed by atoms with van der Waals surface area (Å²) in [7, 11) is 0. The quantitative estimate of drug-likeness (QED) is 0.584. The van der Waals surface area contributed by atoms with Crippen molar-refractivity contribution in [1.82, 2.24) is 0 Å². The van der Waals surface area contributed by atoms with Crippen LogP contribution < -0.4 is 0 Å². The third-order valence-electron chi connectivity index (χ3n) is 5.36. The van der Waals surface area contributed by atoms with Crippen LogP contribution in [0.3, 0.4) is 0 Å². The van der Waals surface area contributed by atoms with Gasteiger partial charge in [0.15, 0.2) is 0 Å². The standard InChI is InChI=1S/C17H14O3S2/c18-16-12-9-7-10(13(12)17(19)20-16)15-14(9)21-11(22-15)6-8-4-2-1-3-5-8/h1-6,9-10,12-15H,7H2/t9-,10+,12-,13+,14-,15+. The van der Waals surface area contributed by atoms with Gasteiger partial charge in [0.2, 0.25) is 0 Å². The van der Waals surface area contributed by atoms with Gasteiger partial charge in [0.25, 0.3) is 0 Å². The molecule has 5 heteroatoms. The van der Waals surface area contributed by atoms with Crippen LogP contribution in [0.5, 0.6) is 0 Å². The summed E-state index contributed by atoms with van der Waals surface area (Å²) in [6.45, 7) is 0. The van der Waals surface area contributed by atoms with Crippen molar-refractivity contribution in [2.45, 2.75) is 16.9 Å². The van der Waals surface area contributed by atoms with Gasteiger partial charge in [-0.15, -0.1) is 23.5 Å². The lowest BCUT2D eigenvalue weighted by Crippen LogP contribution is -2.38. The first kappa shape index (κ1) is 13.3. The molecule has 22 heavy (non-hydrogen) atoms. The smallest absolute Gasteiger partial charge is 0.317 e. The van der Waals surface area contributed by atoms with Crippen LogP contribution in [0.15, 0.2) is 34.6 Å². The summed E-state index contributed by atoms with van der Waals surface area (Å²) < 4.78 is 6.20. The minimum Gasteiger partial charge on any atom is -0.393 e. The maximum absolute atomic E-state index is 11.9. The summed E-state index contributed by atoms with van der Waals surface area (Å²) in [6, 6.07) is 10.3. The van der Waals surface area contributed by atoms with Crippen molar-refractivity contribution in [3.63, 3.8) is 0 Å². The van der Waals surface area contributed by atoms with Crippen LogP contribution in [0, 0.1) is 23.7 Å². The number of ether oxygens (including phenoxy) is 1. The van der Waals surface area contributed by atoms with Crippen LogP contribution >= 0.6 is 23.5 Å². The van der Waals surface area contributed by atoms with Crippen molar-refractivity contribution in [2.75, 3.05) is 0 Å². The normalized spacial score (nSPS) is 43.5. The second-order valence-electron chi connectivity index (χ2n) is 6.39. The Labute approximate surface area is 136 Å². The van der Waals surface area contributed by atoms with Crippen molar-refractivity contribution in [1.29, 1.82) is 0 Å². The SMILES string of the molecule is O=C1OC(=O)[C@H]2[C@@H]3C[C@@H]([C@H]4SC(=Cc5ccccc5)S[C@@H]34)[C@@H]12. The van der Waals surface area contributed by atoms with Crippen molar-refractivity contribution in [3.05, 3.63) is 40.1 Å². The maximum atomic E-state index is 11.9. The van der Waals surface area contributed by atoms with Crippen molar-refractivity contribution >= 4 is 41.5 Å². The van der Waals surface area contributed by atoms with Crippen LogP contribution in [0.25, 0.3) is 6.08 Å². The summed E-state index contributed by atoms with van der Waals surface area (Å²) in [4.78, 5) is 23.9. The summed E-state index contributed by atoms with van der Waals surface area (Å²) >= 11 is 3.79. The lowest BCUT2D eigenvalue weighted by molar-refractivity contribution is -0.154. The van der Waals surface area contributed by atoms with Gasteiger partial charge >= 0.3 is 11.9 Å². The van der Waals surface area contributed by atoms with E-state index < -0.39 is 0 Å². The molecule has 0 radical (unpaired) electrons. The number of thioether (sulfide) groups is 2. The van der Waals surface area contributed by atoms with E-state index >= 15 is 0 Å². The fraction of sp³-hybridized carbons (Fsp3) is 0.412. The Morgan fingerprint density at radius 1 is 0.955 bits per heavy atom. The number of hydrogen-bond acceptors (Lipinski definition) is 5. The molecule has 1 aromatic rings. The van der Waals surface area contributed by atoms with Crippen LogP contribution in [-0.2, 0) is 14.3 Å².